The lowest BCUT2D eigenvalue weighted by Gasteiger charge is -2.34. The van der Waals surface area contributed by atoms with E-state index >= 15 is 0 Å². The van der Waals surface area contributed by atoms with Gasteiger partial charge in [0.1, 0.15) is 0 Å². The van der Waals surface area contributed by atoms with E-state index in [1.807, 2.05) is 0 Å². The fourth-order valence-corrected chi connectivity index (χ4v) is 3.67. The van der Waals surface area contributed by atoms with Crippen LogP contribution in [0, 0.1) is 11.8 Å². The molecule has 28 heavy (non-hydrogen) atoms. The number of rotatable bonds is 8. The fourth-order valence-electron chi connectivity index (χ4n) is 3.67. The van der Waals surface area contributed by atoms with Crippen molar-refractivity contribution in [3.63, 3.8) is 0 Å². The summed E-state index contributed by atoms with van der Waals surface area (Å²) >= 11 is 0. The molecule has 156 valence electrons. The average molecular weight is 392 g/mol. The number of ether oxygens (including phenoxy) is 3. The van der Waals surface area contributed by atoms with E-state index in [0.29, 0.717) is 34.6 Å². The Morgan fingerprint density at radius 2 is 1.68 bits per heavy atom. The Labute approximate surface area is 167 Å². The molecule has 1 saturated carbocycles. The van der Waals surface area contributed by atoms with Crippen LogP contribution in [0.25, 0.3) is 0 Å². The van der Waals surface area contributed by atoms with Gasteiger partial charge < -0.3 is 24.8 Å². The Morgan fingerprint density at radius 1 is 1.04 bits per heavy atom. The second-order valence-corrected chi connectivity index (χ2v) is 7.36. The third-order valence-corrected chi connectivity index (χ3v) is 5.62. The van der Waals surface area contributed by atoms with Gasteiger partial charge in [0, 0.05) is 24.6 Å². The fraction of sp³-hybridized carbons (Fsp3) is 0.619. The highest BCUT2D eigenvalue weighted by atomic mass is 16.5. The molecular formula is C21H32N2O5. The second-order valence-electron chi connectivity index (χ2n) is 7.36. The van der Waals surface area contributed by atoms with E-state index in [0.717, 1.165) is 12.8 Å². The van der Waals surface area contributed by atoms with Gasteiger partial charge in [-0.05, 0) is 30.4 Å². The van der Waals surface area contributed by atoms with Crippen LogP contribution in [-0.2, 0) is 4.79 Å². The minimum Gasteiger partial charge on any atom is -0.493 e. The molecular weight excluding hydrogens is 360 g/mol. The topological polar surface area (TPSA) is 85.9 Å². The quantitative estimate of drug-likeness (QED) is 0.710. The number of hydrogen-bond acceptors (Lipinski definition) is 5. The summed E-state index contributed by atoms with van der Waals surface area (Å²) in [5.41, 5.74) is 0.379. The number of carbonyl (C=O) groups excluding carboxylic acids is 2. The maximum atomic E-state index is 12.5. The first-order valence-electron chi connectivity index (χ1n) is 9.78. The molecule has 2 rings (SSSR count). The van der Waals surface area contributed by atoms with Crippen LogP contribution < -0.4 is 24.8 Å². The van der Waals surface area contributed by atoms with Crippen LogP contribution >= 0.6 is 0 Å². The minimum absolute atomic E-state index is 0.0313. The highest BCUT2D eigenvalue weighted by molar-refractivity contribution is 5.95. The molecule has 2 amide bonds. The first-order valence-corrected chi connectivity index (χ1v) is 9.78. The highest BCUT2D eigenvalue weighted by Crippen LogP contribution is 2.38. The van der Waals surface area contributed by atoms with Crippen molar-refractivity contribution in [2.75, 3.05) is 27.9 Å². The summed E-state index contributed by atoms with van der Waals surface area (Å²) in [6.07, 6.45) is 3.63. The van der Waals surface area contributed by atoms with Gasteiger partial charge in [0.05, 0.1) is 21.3 Å². The molecule has 1 aromatic carbocycles. The third kappa shape index (κ3) is 5.30. The summed E-state index contributed by atoms with van der Waals surface area (Å²) < 4.78 is 15.8. The molecule has 7 heteroatoms. The predicted octanol–water partition coefficient (Wildman–Crippen LogP) is 2.77. The van der Waals surface area contributed by atoms with Crippen LogP contribution in [0.3, 0.4) is 0 Å². The predicted molar refractivity (Wildman–Crippen MR) is 107 cm³/mol. The van der Waals surface area contributed by atoms with Crippen LogP contribution in [-0.4, -0.2) is 45.7 Å². The maximum Gasteiger partial charge on any atom is 0.251 e. The monoisotopic (exact) mass is 392 g/mol. The molecule has 0 radical (unpaired) electrons. The molecule has 0 spiro atoms. The molecule has 2 N–H and O–H groups in total. The summed E-state index contributed by atoms with van der Waals surface area (Å²) in [7, 11) is 4.50. The molecule has 0 aliphatic heterocycles. The number of methoxy groups -OCH3 is 3. The zero-order valence-electron chi connectivity index (χ0n) is 17.5. The van der Waals surface area contributed by atoms with Crippen LogP contribution in [0.4, 0.5) is 0 Å². The standard InChI is InChI=1S/C21H32N2O5/c1-13-7-6-8-16(14(13)2)23-19(24)9-10-22-21(25)15-11-17(26-3)20(28-5)18(12-15)27-4/h11-14,16H,6-10H2,1-5H3,(H,22,25)(H,23,24)/t13-,14+,16-/m1/s1. The average Bonchev–Trinajstić information content (AvgIpc) is 2.70. The summed E-state index contributed by atoms with van der Waals surface area (Å²) in [5.74, 6) is 2.01. The van der Waals surface area contributed by atoms with E-state index in [9.17, 15) is 9.59 Å². The Bertz CT molecular complexity index is 666. The summed E-state index contributed by atoms with van der Waals surface area (Å²) in [6, 6.07) is 3.39. The largest absolute Gasteiger partial charge is 0.493 e. The normalized spacial score (nSPS) is 21.5. The smallest absolute Gasteiger partial charge is 0.251 e. The first-order chi connectivity index (χ1) is 13.4. The lowest BCUT2D eigenvalue weighted by molar-refractivity contribution is -0.122. The van der Waals surface area contributed by atoms with Crippen LogP contribution in [0.5, 0.6) is 17.2 Å². The zero-order chi connectivity index (χ0) is 20.7. The van der Waals surface area contributed by atoms with Crippen molar-refractivity contribution in [2.45, 2.75) is 45.6 Å². The van der Waals surface area contributed by atoms with E-state index in [1.165, 1.54) is 27.8 Å². The Hall–Kier alpha value is -2.44. The second kappa shape index (κ2) is 10.2. The van der Waals surface area contributed by atoms with Crippen molar-refractivity contribution in [3.8, 4) is 17.2 Å². The van der Waals surface area contributed by atoms with Gasteiger partial charge in [0.15, 0.2) is 11.5 Å². The van der Waals surface area contributed by atoms with Gasteiger partial charge in [-0.3, -0.25) is 9.59 Å². The Balaban J connectivity index is 1.89. The number of carbonyl (C=O) groups is 2. The molecule has 0 unspecified atom stereocenters. The molecule has 0 heterocycles. The maximum absolute atomic E-state index is 12.5. The first kappa shape index (κ1) is 21.9. The molecule has 1 aromatic rings. The summed E-state index contributed by atoms with van der Waals surface area (Å²) in [6.45, 7) is 4.69. The number of nitrogens with one attached hydrogen (secondary N) is 2. The van der Waals surface area contributed by atoms with E-state index in [4.69, 9.17) is 14.2 Å². The molecule has 0 aromatic heterocycles. The lowest BCUT2D eigenvalue weighted by Crippen LogP contribution is -2.44. The van der Waals surface area contributed by atoms with E-state index in [-0.39, 0.29) is 30.8 Å². The summed E-state index contributed by atoms with van der Waals surface area (Å²) in [5, 5.41) is 5.89. The number of amides is 2. The van der Waals surface area contributed by atoms with E-state index in [2.05, 4.69) is 24.5 Å². The Kier molecular flexibility index (Phi) is 7.96. The lowest BCUT2D eigenvalue weighted by atomic mass is 9.78. The molecule has 1 aliphatic carbocycles. The van der Waals surface area contributed by atoms with Gasteiger partial charge in [-0.25, -0.2) is 0 Å². The molecule has 0 saturated heterocycles. The number of hydrogen-bond donors (Lipinski definition) is 2. The van der Waals surface area contributed by atoms with Crippen molar-refractivity contribution >= 4 is 11.8 Å². The Morgan fingerprint density at radius 3 is 2.25 bits per heavy atom. The summed E-state index contributed by atoms with van der Waals surface area (Å²) in [4.78, 5) is 24.7. The van der Waals surface area contributed by atoms with Crippen molar-refractivity contribution in [1.29, 1.82) is 0 Å². The van der Waals surface area contributed by atoms with Gasteiger partial charge in [0.2, 0.25) is 11.7 Å². The van der Waals surface area contributed by atoms with E-state index in [1.54, 1.807) is 12.1 Å². The molecule has 1 fully saturated rings. The van der Waals surface area contributed by atoms with Gasteiger partial charge in [-0.1, -0.05) is 26.7 Å². The molecule has 7 nitrogen and oxygen atoms in total. The van der Waals surface area contributed by atoms with Crippen molar-refractivity contribution in [2.24, 2.45) is 11.8 Å². The van der Waals surface area contributed by atoms with Gasteiger partial charge in [-0.2, -0.15) is 0 Å². The molecule has 3 atom stereocenters. The van der Waals surface area contributed by atoms with Crippen molar-refractivity contribution in [3.05, 3.63) is 17.7 Å². The van der Waals surface area contributed by atoms with Crippen molar-refractivity contribution in [1.82, 2.24) is 10.6 Å². The van der Waals surface area contributed by atoms with Gasteiger partial charge >= 0.3 is 0 Å². The van der Waals surface area contributed by atoms with Gasteiger partial charge in [-0.15, -0.1) is 0 Å². The highest BCUT2D eigenvalue weighted by Gasteiger charge is 2.28. The number of benzene rings is 1. The van der Waals surface area contributed by atoms with Crippen molar-refractivity contribution < 1.29 is 23.8 Å². The third-order valence-electron chi connectivity index (χ3n) is 5.62. The van der Waals surface area contributed by atoms with Crippen LogP contribution in [0.1, 0.15) is 49.9 Å². The van der Waals surface area contributed by atoms with Gasteiger partial charge in [0.25, 0.3) is 5.91 Å². The van der Waals surface area contributed by atoms with Crippen LogP contribution in [0.15, 0.2) is 12.1 Å². The SMILES string of the molecule is COc1cc(C(=O)NCCC(=O)N[C@@H]2CCC[C@@H](C)[C@@H]2C)cc(OC)c1OC. The zero-order valence-corrected chi connectivity index (χ0v) is 17.5. The van der Waals surface area contributed by atoms with Crippen LogP contribution in [0.2, 0.25) is 0 Å². The van der Waals surface area contributed by atoms with E-state index < -0.39 is 0 Å². The molecule has 1 aliphatic rings. The molecule has 0 bridgehead atoms. The minimum atomic E-state index is -0.299.